The van der Waals surface area contributed by atoms with Crippen LogP contribution in [-0.4, -0.2) is 36.7 Å². The summed E-state index contributed by atoms with van der Waals surface area (Å²) in [7, 11) is 0. The molecule has 0 unspecified atom stereocenters. The second-order valence-corrected chi connectivity index (χ2v) is 7.50. The summed E-state index contributed by atoms with van der Waals surface area (Å²) in [4.78, 5) is 16.3. The monoisotopic (exact) mass is 408 g/mol. The molecule has 0 aromatic heterocycles. The quantitative estimate of drug-likeness (QED) is 0.553. The number of hydrogen-bond acceptors (Lipinski definition) is 3. The van der Waals surface area contributed by atoms with Crippen LogP contribution in [0.15, 0.2) is 36.4 Å². The first-order valence-electron chi connectivity index (χ1n) is 9.50. The molecular weight excluding hydrogens is 388 g/mol. The SMILES string of the molecule is O=C(O[C@@H]1CN2CCC1CC2)N(Cc1cc(F)c(F)c(F)c1)c1cccc(F)c1. The van der Waals surface area contributed by atoms with Crippen molar-refractivity contribution in [3.05, 3.63) is 65.2 Å². The summed E-state index contributed by atoms with van der Waals surface area (Å²) in [5.74, 6) is -4.60. The minimum Gasteiger partial charge on any atom is -0.444 e. The molecule has 3 aliphatic heterocycles. The highest BCUT2D eigenvalue weighted by Gasteiger charge is 2.37. The van der Waals surface area contributed by atoms with Gasteiger partial charge in [-0.3, -0.25) is 9.80 Å². The van der Waals surface area contributed by atoms with Crippen molar-refractivity contribution in [3.8, 4) is 0 Å². The fraction of sp³-hybridized carbons (Fsp3) is 0.381. The molecular formula is C21H20F4N2O2. The smallest absolute Gasteiger partial charge is 0.414 e. The van der Waals surface area contributed by atoms with Gasteiger partial charge >= 0.3 is 6.09 Å². The number of amides is 1. The Bertz CT molecular complexity index is 892. The predicted molar refractivity (Wildman–Crippen MR) is 98.3 cm³/mol. The second kappa shape index (κ2) is 8.02. The number of carbonyl (C=O) groups is 1. The van der Waals surface area contributed by atoms with Gasteiger partial charge in [-0.2, -0.15) is 0 Å². The number of carbonyl (C=O) groups excluding carboxylic acids is 1. The summed E-state index contributed by atoms with van der Waals surface area (Å²) >= 11 is 0. The largest absolute Gasteiger partial charge is 0.444 e. The fourth-order valence-corrected chi connectivity index (χ4v) is 4.02. The number of benzene rings is 2. The van der Waals surface area contributed by atoms with Crippen molar-refractivity contribution in [1.82, 2.24) is 4.90 Å². The fourth-order valence-electron chi connectivity index (χ4n) is 4.02. The molecule has 4 nitrogen and oxygen atoms in total. The number of hydrogen-bond donors (Lipinski definition) is 0. The van der Waals surface area contributed by atoms with Crippen LogP contribution < -0.4 is 4.90 Å². The van der Waals surface area contributed by atoms with Crippen molar-refractivity contribution in [2.75, 3.05) is 24.5 Å². The number of piperidine rings is 3. The van der Waals surface area contributed by atoms with Gasteiger partial charge in [0.05, 0.1) is 12.2 Å². The van der Waals surface area contributed by atoms with E-state index in [-0.39, 0.29) is 29.8 Å². The van der Waals surface area contributed by atoms with Crippen LogP contribution in [0, 0.1) is 29.2 Å². The maximum atomic E-state index is 13.7. The molecule has 0 radical (unpaired) electrons. The number of fused-ring (bicyclic) bond motifs is 3. The molecule has 2 aromatic carbocycles. The average molecular weight is 408 g/mol. The Morgan fingerprint density at radius 2 is 1.76 bits per heavy atom. The van der Waals surface area contributed by atoms with E-state index in [2.05, 4.69) is 4.90 Å². The molecule has 3 fully saturated rings. The van der Waals surface area contributed by atoms with E-state index in [9.17, 15) is 22.4 Å². The highest BCUT2D eigenvalue weighted by atomic mass is 19.2. The minimum atomic E-state index is -1.58. The van der Waals surface area contributed by atoms with Crippen LogP contribution in [0.3, 0.4) is 0 Å². The van der Waals surface area contributed by atoms with Crippen LogP contribution in [0.4, 0.5) is 28.0 Å². The lowest BCUT2D eigenvalue weighted by atomic mass is 9.86. The molecule has 0 aliphatic carbocycles. The van der Waals surface area contributed by atoms with E-state index in [1.54, 1.807) is 0 Å². The van der Waals surface area contributed by atoms with Crippen molar-refractivity contribution in [2.45, 2.75) is 25.5 Å². The first kappa shape index (κ1) is 19.7. The van der Waals surface area contributed by atoms with Crippen molar-refractivity contribution in [3.63, 3.8) is 0 Å². The van der Waals surface area contributed by atoms with Crippen LogP contribution in [0.2, 0.25) is 0 Å². The van der Waals surface area contributed by atoms with E-state index < -0.39 is 29.4 Å². The molecule has 2 bridgehead atoms. The molecule has 3 aliphatic rings. The molecule has 3 saturated heterocycles. The Morgan fingerprint density at radius 1 is 1.07 bits per heavy atom. The number of halogens is 4. The van der Waals surface area contributed by atoms with Gasteiger partial charge in [-0.05, 0) is 67.7 Å². The van der Waals surface area contributed by atoms with Gasteiger partial charge in [0, 0.05) is 6.54 Å². The second-order valence-electron chi connectivity index (χ2n) is 7.50. The molecule has 0 N–H and O–H groups in total. The van der Waals surface area contributed by atoms with Crippen molar-refractivity contribution in [1.29, 1.82) is 0 Å². The highest BCUT2D eigenvalue weighted by molar-refractivity contribution is 5.87. The van der Waals surface area contributed by atoms with Crippen LogP contribution in [-0.2, 0) is 11.3 Å². The number of anilines is 1. The third kappa shape index (κ3) is 4.22. The Morgan fingerprint density at radius 3 is 2.34 bits per heavy atom. The third-order valence-electron chi connectivity index (χ3n) is 5.57. The highest BCUT2D eigenvalue weighted by Crippen LogP contribution is 2.31. The van der Waals surface area contributed by atoms with Crippen LogP contribution in [0.5, 0.6) is 0 Å². The van der Waals surface area contributed by atoms with Crippen LogP contribution in [0.1, 0.15) is 18.4 Å². The molecule has 5 rings (SSSR count). The van der Waals surface area contributed by atoms with E-state index in [1.807, 2.05) is 0 Å². The van der Waals surface area contributed by atoms with E-state index in [0.29, 0.717) is 6.54 Å². The first-order chi connectivity index (χ1) is 13.9. The zero-order chi connectivity index (χ0) is 20.5. The Labute approximate surface area is 165 Å². The summed E-state index contributed by atoms with van der Waals surface area (Å²) < 4.78 is 59.9. The zero-order valence-electron chi connectivity index (χ0n) is 15.6. The summed E-state index contributed by atoms with van der Waals surface area (Å²) in [5.41, 5.74) is 0.206. The van der Waals surface area contributed by atoms with Gasteiger partial charge < -0.3 is 4.74 Å². The summed E-state index contributed by atoms with van der Waals surface area (Å²) in [6.45, 7) is 2.28. The average Bonchev–Trinajstić information content (AvgIpc) is 2.71. The zero-order valence-corrected chi connectivity index (χ0v) is 15.6. The first-order valence-corrected chi connectivity index (χ1v) is 9.50. The Kier molecular flexibility index (Phi) is 5.45. The normalized spacial score (nSPS) is 23.1. The van der Waals surface area contributed by atoms with Crippen LogP contribution >= 0.6 is 0 Å². The van der Waals surface area contributed by atoms with Gasteiger partial charge in [-0.1, -0.05) is 6.07 Å². The van der Waals surface area contributed by atoms with Gasteiger partial charge in [0.1, 0.15) is 11.9 Å². The number of nitrogens with zero attached hydrogens (tertiary/aromatic N) is 2. The van der Waals surface area contributed by atoms with Gasteiger partial charge in [0.2, 0.25) is 0 Å². The van der Waals surface area contributed by atoms with Gasteiger partial charge in [-0.25, -0.2) is 22.4 Å². The van der Waals surface area contributed by atoms with Gasteiger partial charge in [-0.15, -0.1) is 0 Å². The third-order valence-corrected chi connectivity index (χ3v) is 5.57. The molecule has 1 amide bonds. The lowest BCUT2D eigenvalue weighted by Gasteiger charge is -2.44. The van der Waals surface area contributed by atoms with Crippen LogP contribution in [0.25, 0.3) is 0 Å². The lowest BCUT2D eigenvalue weighted by molar-refractivity contribution is -0.0311. The minimum absolute atomic E-state index is 0.0246. The topological polar surface area (TPSA) is 32.8 Å². The summed E-state index contributed by atoms with van der Waals surface area (Å²) in [6, 6.07) is 6.90. The lowest BCUT2D eigenvalue weighted by Crippen LogP contribution is -2.53. The molecule has 154 valence electrons. The van der Waals surface area contributed by atoms with Gasteiger partial charge in [0.15, 0.2) is 17.5 Å². The summed E-state index contributed by atoms with van der Waals surface area (Å²) in [5, 5.41) is 0. The molecule has 0 saturated carbocycles. The maximum absolute atomic E-state index is 13.7. The molecule has 2 aromatic rings. The Balaban J connectivity index is 1.59. The molecule has 1 atom stereocenters. The van der Waals surface area contributed by atoms with Crippen molar-refractivity contribution >= 4 is 11.8 Å². The maximum Gasteiger partial charge on any atom is 0.414 e. The van der Waals surface area contributed by atoms with E-state index in [4.69, 9.17) is 4.74 Å². The molecule has 3 heterocycles. The summed E-state index contributed by atoms with van der Waals surface area (Å²) in [6.07, 6.45) is 0.848. The van der Waals surface area contributed by atoms with E-state index in [0.717, 1.165) is 49.0 Å². The van der Waals surface area contributed by atoms with Crippen molar-refractivity contribution in [2.24, 2.45) is 5.92 Å². The number of ether oxygens (including phenoxy) is 1. The standard InChI is InChI=1S/C21H20F4N2O2/c22-15-2-1-3-16(10-15)27(11-13-8-17(23)20(25)18(24)9-13)21(28)29-19-12-26-6-4-14(19)5-7-26/h1-3,8-10,14,19H,4-7,11-12H2/t19-/m1/s1. The Hall–Kier alpha value is -2.61. The van der Waals surface area contributed by atoms with E-state index in [1.165, 1.54) is 18.2 Å². The molecule has 8 heteroatoms. The van der Waals surface area contributed by atoms with Crippen molar-refractivity contribution < 1.29 is 27.1 Å². The molecule has 29 heavy (non-hydrogen) atoms. The van der Waals surface area contributed by atoms with E-state index >= 15 is 0 Å². The van der Waals surface area contributed by atoms with Gasteiger partial charge in [0.25, 0.3) is 0 Å². The number of rotatable bonds is 4. The molecule has 0 spiro atoms. The predicted octanol–water partition coefficient (Wildman–Crippen LogP) is 4.48.